The molecule has 5 heteroatoms. The molecule has 22 heavy (non-hydrogen) atoms. The molecule has 2 aliphatic rings. The molecule has 3 rings (SSSR count). The van der Waals surface area contributed by atoms with Gasteiger partial charge in [0.05, 0.1) is 25.9 Å². The maximum absolute atomic E-state index is 11.9. The Hall–Kier alpha value is -1.62. The zero-order valence-electron chi connectivity index (χ0n) is 13.2. The van der Waals surface area contributed by atoms with Crippen molar-refractivity contribution in [1.29, 1.82) is 0 Å². The van der Waals surface area contributed by atoms with Crippen molar-refractivity contribution in [3.05, 3.63) is 24.5 Å². The van der Waals surface area contributed by atoms with E-state index in [4.69, 9.17) is 9.47 Å². The predicted molar refractivity (Wildman–Crippen MR) is 82.6 cm³/mol. The topological polar surface area (TPSA) is 51.7 Å². The highest BCUT2D eigenvalue weighted by Gasteiger charge is 2.53. The normalized spacial score (nSPS) is 22.6. The molecule has 120 valence electrons. The van der Waals surface area contributed by atoms with Crippen molar-refractivity contribution in [2.75, 3.05) is 26.3 Å². The predicted octanol–water partition coefficient (Wildman–Crippen LogP) is 2.27. The van der Waals surface area contributed by atoms with Crippen LogP contribution in [-0.4, -0.2) is 47.7 Å². The van der Waals surface area contributed by atoms with Crippen LogP contribution in [0, 0.1) is 5.92 Å². The summed E-state index contributed by atoms with van der Waals surface area (Å²) >= 11 is 0. The van der Waals surface area contributed by atoms with Gasteiger partial charge in [0, 0.05) is 19.2 Å². The molecule has 0 aromatic carbocycles. The van der Waals surface area contributed by atoms with Crippen molar-refractivity contribution < 1.29 is 14.3 Å². The van der Waals surface area contributed by atoms with Gasteiger partial charge < -0.3 is 14.4 Å². The molecule has 0 radical (unpaired) electrons. The van der Waals surface area contributed by atoms with E-state index < -0.39 is 0 Å². The molecule has 1 aromatic heterocycles. The summed E-state index contributed by atoms with van der Waals surface area (Å²) in [6.45, 7) is 5.02. The minimum Gasteiger partial charge on any atom is -0.492 e. The van der Waals surface area contributed by atoms with E-state index in [1.54, 1.807) is 12.4 Å². The molecule has 1 spiro atoms. The summed E-state index contributed by atoms with van der Waals surface area (Å²) in [4.78, 5) is 17.9. The highest BCUT2D eigenvalue weighted by molar-refractivity contribution is 5.77. The maximum atomic E-state index is 11.9. The fourth-order valence-electron chi connectivity index (χ4n) is 3.44. The van der Waals surface area contributed by atoms with Crippen molar-refractivity contribution in [3.63, 3.8) is 0 Å². The monoisotopic (exact) mass is 304 g/mol. The van der Waals surface area contributed by atoms with Crippen LogP contribution in [0.2, 0.25) is 0 Å². The Morgan fingerprint density at radius 2 is 2.41 bits per heavy atom. The largest absolute Gasteiger partial charge is 0.492 e. The summed E-state index contributed by atoms with van der Waals surface area (Å²) in [7, 11) is 0. The number of carbonyl (C=O) groups is 1. The van der Waals surface area contributed by atoms with Gasteiger partial charge in [-0.15, -0.1) is 0 Å². The average molecular weight is 304 g/mol. The molecule has 0 aliphatic carbocycles. The van der Waals surface area contributed by atoms with Crippen LogP contribution in [0.25, 0.3) is 0 Å². The van der Waals surface area contributed by atoms with Crippen molar-refractivity contribution in [2.45, 2.75) is 38.2 Å². The number of hydrogen-bond donors (Lipinski definition) is 0. The third-order valence-electron chi connectivity index (χ3n) is 4.70. The van der Waals surface area contributed by atoms with E-state index in [0.29, 0.717) is 18.9 Å². The van der Waals surface area contributed by atoms with Gasteiger partial charge in [-0.3, -0.25) is 9.78 Å². The Balaban J connectivity index is 1.47. The average Bonchev–Trinajstić information content (AvgIpc) is 2.91. The lowest BCUT2D eigenvalue weighted by Crippen LogP contribution is -2.66. The van der Waals surface area contributed by atoms with E-state index in [1.165, 1.54) is 0 Å². The Labute approximate surface area is 131 Å². The Kier molecular flexibility index (Phi) is 4.62. The summed E-state index contributed by atoms with van der Waals surface area (Å²) in [6, 6.07) is 3.79. The van der Waals surface area contributed by atoms with Gasteiger partial charge in [0.25, 0.3) is 0 Å². The summed E-state index contributed by atoms with van der Waals surface area (Å²) < 4.78 is 11.7. The Morgan fingerprint density at radius 3 is 3.14 bits per heavy atom. The zero-order chi connectivity index (χ0) is 15.4. The van der Waals surface area contributed by atoms with Gasteiger partial charge in [-0.25, -0.2) is 0 Å². The highest BCUT2D eigenvalue weighted by Crippen LogP contribution is 2.41. The highest BCUT2D eigenvalue weighted by atomic mass is 16.5. The van der Waals surface area contributed by atoms with Crippen LogP contribution >= 0.6 is 0 Å². The van der Waals surface area contributed by atoms with Gasteiger partial charge in [-0.1, -0.05) is 6.92 Å². The molecule has 1 aromatic rings. The molecule has 1 atom stereocenters. The van der Waals surface area contributed by atoms with Crippen LogP contribution in [0.1, 0.15) is 32.6 Å². The van der Waals surface area contributed by atoms with E-state index >= 15 is 0 Å². The number of hydrogen-bond acceptors (Lipinski definition) is 4. The molecule has 1 amide bonds. The number of amides is 1. The minimum absolute atomic E-state index is 0.109. The third-order valence-corrected chi connectivity index (χ3v) is 4.70. The minimum atomic E-state index is -0.109. The first-order chi connectivity index (χ1) is 10.7. The molecular weight excluding hydrogens is 280 g/mol. The molecule has 2 aliphatic heterocycles. The lowest BCUT2D eigenvalue weighted by molar-refractivity contribution is -0.165. The molecule has 0 N–H and O–H groups in total. The second-order valence-electron chi connectivity index (χ2n) is 6.22. The SMILES string of the molecule is CCCC(=O)N1CC2(C1)OCC[C@@H]2CCOc1cccnc1. The van der Waals surface area contributed by atoms with Gasteiger partial charge >= 0.3 is 0 Å². The summed E-state index contributed by atoms with van der Waals surface area (Å²) in [6.07, 6.45) is 7.05. The number of carbonyl (C=O) groups excluding carboxylic acids is 1. The van der Waals surface area contributed by atoms with E-state index in [-0.39, 0.29) is 11.5 Å². The summed E-state index contributed by atoms with van der Waals surface area (Å²) in [5, 5.41) is 0. The second kappa shape index (κ2) is 6.65. The molecule has 3 heterocycles. The van der Waals surface area contributed by atoms with E-state index in [0.717, 1.165) is 44.7 Å². The number of rotatable bonds is 6. The fraction of sp³-hybridized carbons (Fsp3) is 0.647. The van der Waals surface area contributed by atoms with Crippen LogP contribution in [0.3, 0.4) is 0 Å². The van der Waals surface area contributed by atoms with Crippen molar-refractivity contribution in [3.8, 4) is 5.75 Å². The zero-order valence-corrected chi connectivity index (χ0v) is 13.2. The quantitative estimate of drug-likeness (QED) is 0.809. The smallest absolute Gasteiger partial charge is 0.222 e. The van der Waals surface area contributed by atoms with Crippen molar-refractivity contribution >= 4 is 5.91 Å². The summed E-state index contributed by atoms with van der Waals surface area (Å²) in [5.41, 5.74) is -0.109. The first-order valence-electron chi connectivity index (χ1n) is 8.18. The summed E-state index contributed by atoms with van der Waals surface area (Å²) in [5.74, 6) is 1.55. The van der Waals surface area contributed by atoms with Crippen LogP contribution < -0.4 is 4.74 Å². The van der Waals surface area contributed by atoms with Gasteiger partial charge in [0.2, 0.25) is 5.91 Å². The molecule has 2 fully saturated rings. The molecule has 0 saturated carbocycles. The number of nitrogens with zero attached hydrogens (tertiary/aromatic N) is 2. The van der Waals surface area contributed by atoms with Crippen molar-refractivity contribution in [1.82, 2.24) is 9.88 Å². The second-order valence-corrected chi connectivity index (χ2v) is 6.22. The molecule has 5 nitrogen and oxygen atoms in total. The van der Waals surface area contributed by atoms with Crippen LogP contribution in [0.5, 0.6) is 5.75 Å². The first-order valence-corrected chi connectivity index (χ1v) is 8.18. The maximum Gasteiger partial charge on any atom is 0.222 e. The molecule has 0 unspecified atom stereocenters. The van der Waals surface area contributed by atoms with Crippen LogP contribution in [0.4, 0.5) is 0 Å². The standard InChI is InChI=1S/C17H24N2O3/c1-2-4-16(20)19-12-17(13-19)14(7-10-22-17)6-9-21-15-5-3-8-18-11-15/h3,5,8,11,14H,2,4,6-7,9-10,12-13H2,1H3/t14-/m0/s1. The van der Waals surface area contributed by atoms with E-state index in [9.17, 15) is 4.79 Å². The molecule has 0 bridgehead atoms. The number of aromatic nitrogens is 1. The molecular formula is C17H24N2O3. The third kappa shape index (κ3) is 3.09. The van der Waals surface area contributed by atoms with E-state index in [2.05, 4.69) is 4.98 Å². The molecule has 2 saturated heterocycles. The lowest BCUT2D eigenvalue weighted by atomic mass is 9.79. The lowest BCUT2D eigenvalue weighted by Gasteiger charge is -2.50. The number of ether oxygens (including phenoxy) is 2. The fourth-order valence-corrected chi connectivity index (χ4v) is 3.44. The number of pyridine rings is 1. The van der Waals surface area contributed by atoms with Gasteiger partial charge in [-0.2, -0.15) is 0 Å². The van der Waals surface area contributed by atoms with Gasteiger partial charge in [0.15, 0.2) is 0 Å². The number of likely N-dealkylation sites (tertiary alicyclic amines) is 1. The Morgan fingerprint density at radius 1 is 1.55 bits per heavy atom. The van der Waals surface area contributed by atoms with Gasteiger partial charge in [0.1, 0.15) is 11.4 Å². The van der Waals surface area contributed by atoms with Crippen LogP contribution in [0.15, 0.2) is 24.5 Å². The van der Waals surface area contributed by atoms with Crippen LogP contribution in [-0.2, 0) is 9.53 Å². The Bertz CT molecular complexity index is 500. The van der Waals surface area contributed by atoms with E-state index in [1.807, 2.05) is 24.0 Å². The first kappa shape index (κ1) is 15.3. The van der Waals surface area contributed by atoms with Crippen molar-refractivity contribution in [2.24, 2.45) is 5.92 Å². The van der Waals surface area contributed by atoms with Gasteiger partial charge in [-0.05, 0) is 37.3 Å².